The number of hydrogen-bond donors (Lipinski definition) is 1. The molecule has 1 N–H and O–H groups in total. The van der Waals surface area contributed by atoms with Crippen LogP contribution in [0.1, 0.15) is 32.2 Å². The fraction of sp³-hybridized carbons (Fsp3) is 0.200. The molecule has 0 atom stereocenters. The standard InChI is InChI=1S/C15H13ClO6/c1-8-12(14(18)20-2)6-10(22-8)7-21-15(19)11-4-3-9(16)5-13(11)17/h3-6,17H,7H2,1-2H3. The van der Waals surface area contributed by atoms with Gasteiger partial charge in [-0.2, -0.15) is 0 Å². The molecule has 0 radical (unpaired) electrons. The van der Waals surface area contributed by atoms with Crippen LogP contribution in [0.5, 0.6) is 5.75 Å². The largest absolute Gasteiger partial charge is 0.507 e. The second-order valence-corrected chi connectivity index (χ2v) is 4.85. The molecule has 0 bridgehead atoms. The number of methoxy groups -OCH3 is 1. The smallest absolute Gasteiger partial charge is 0.342 e. The van der Waals surface area contributed by atoms with Gasteiger partial charge in [-0.15, -0.1) is 0 Å². The number of rotatable bonds is 4. The minimum Gasteiger partial charge on any atom is -0.507 e. The molecule has 0 aliphatic rings. The Hall–Kier alpha value is -2.47. The van der Waals surface area contributed by atoms with Crippen molar-refractivity contribution in [2.45, 2.75) is 13.5 Å². The van der Waals surface area contributed by atoms with Crippen LogP contribution in [0.15, 0.2) is 28.7 Å². The zero-order chi connectivity index (χ0) is 16.3. The fourth-order valence-corrected chi connectivity index (χ4v) is 1.99. The first-order chi connectivity index (χ1) is 10.4. The SMILES string of the molecule is COC(=O)c1cc(COC(=O)c2ccc(Cl)cc2O)oc1C. The molecule has 116 valence electrons. The second-order valence-electron chi connectivity index (χ2n) is 4.41. The molecule has 2 rings (SSSR count). The van der Waals surface area contributed by atoms with Gasteiger partial charge in [-0.1, -0.05) is 11.6 Å². The Labute approximate surface area is 131 Å². The van der Waals surface area contributed by atoms with E-state index >= 15 is 0 Å². The molecule has 7 heteroatoms. The first-order valence-corrected chi connectivity index (χ1v) is 6.63. The van der Waals surface area contributed by atoms with E-state index < -0.39 is 11.9 Å². The van der Waals surface area contributed by atoms with E-state index in [1.807, 2.05) is 0 Å². The second kappa shape index (κ2) is 6.53. The maximum atomic E-state index is 11.9. The Morgan fingerprint density at radius 3 is 2.59 bits per heavy atom. The van der Waals surface area contributed by atoms with Crippen molar-refractivity contribution >= 4 is 23.5 Å². The van der Waals surface area contributed by atoms with Gasteiger partial charge in [-0.25, -0.2) is 9.59 Å². The van der Waals surface area contributed by atoms with Crippen molar-refractivity contribution in [3.8, 4) is 5.75 Å². The molecule has 0 aliphatic carbocycles. The van der Waals surface area contributed by atoms with Crippen molar-refractivity contribution < 1.29 is 28.6 Å². The van der Waals surface area contributed by atoms with Crippen LogP contribution in [-0.4, -0.2) is 24.2 Å². The summed E-state index contributed by atoms with van der Waals surface area (Å²) in [6.45, 7) is 1.42. The molecule has 0 spiro atoms. The topological polar surface area (TPSA) is 86.0 Å². The van der Waals surface area contributed by atoms with Gasteiger partial charge in [0.05, 0.1) is 7.11 Å². The number of aromatic hydroxyl groups is 1. The van der Waals surface area contributed by atoms with Gasteiger partial charge < -0.3 is 19.0 Å². The third-order valence-electron chi connectivity index (χ3n) is 2.90. The van der Waals surface area contributed by atoms with Crippen molar-refractivity contribution in [1.82, 2.24) is 0 Å². The van der Waals surface area contributed by atoms with Crippen LogP contribution in [-0.2, 0) is 16.1 Å². The first kappa shape index (κ1) is 15.9. The molecular weight excluding hydrogens is 312 g/mol. The van der Waals surface area contributed by atoms with Gasteiger partial charge in [0, 0.05) is 5.02 Å². The Kier molecular flexibility index (Phi) is 4.72. The van der Waals surface area contributed by atoms with Gasteiger partial charge in [-0.3, -0.25) is 0 Å². The van der Waals surface area contributed by atoms with E-state index in [0.29, 0.717) is 16.5 Å². The van der Waals surface area contributed by atoms with Crippen LogP contribution >= 0.6 is 11.6 Å². The quantitative estimate of drug-likeness (QED) is 0.870. The highest BCUT2D eigenvalue weighted by atomic mass is 35.5. The highest BCUT2D eigenvalue weighted by Crippen LogP contribution is 2.23. The number of phenolic OH excluding ortho intramolecular Hbond substituents is 1. The van der Waals surface area contributed by atoms with Crippen LogP contribution < -0.4 is 0 Å². The highest BCUT2D eigenvalue weighted by Gasteiger charge is 2.18. The number of carbonyl (C=O) groups excluding carboxylic acids is 2. The molecule has 0 unspecified atom stereocenters. The lowest BCUT2D eigenvalue weighted by Gasteiger charge is -2.05. The Bertz CT molecular complexity index is 719. The van der Waals surface area contributed by atoms with Crippen molar-refractivity contribution in [1.29, 1.82) is 0 Å². The normalized spacial score (nSPS) is 10.3. The van der Waals surface area contributed by atoms with Gasteiger partial charge in [0.25, 0.3) is 0 Å². The lowest BCUT2D eigenvalue weighted by Crippen LogP contribution is -2.05. The number of halogens is 1. The molecule has 0 fully saturated rings. The molecule has 6 nitrogen and oxygen atoms in total. The summed E-state index contributed by atoms with van der Waals surface area (Å²) in [7, 11) is 1.26. The number of hydrogen-bond acceptors (Lipinski definition) is 6. The summed E-state index contributed by atoms with van der Waals surface area (Å²) in [4.78, 5) is 23.3. The lowest BCUT2D eigenvalue weighted by molar-refractivity contribution is 0.0440. The third kappa shape index (κ3) is 3.40. The number of phenols is 1. The summed E-state index contributed by atoms with van der Waals surface area (Å²) in [6, 6.07) is 5.50. The number of carbonyl (C=O) groups is 2. The molecule has 0 saturated carbocycles. The summed E-state index contributed by atoms with van der Waals surface area (Å²) in [5.74, 6) is -0.882. The predicted molar refractivity (Wildman–Crippen MR) is 77.0 cm³/mol. The summed E-state index contributed by atoms with van der Waals surface area (Å²) in [5.41, 5.74) is 0.253. The van der Waals surface area contributed by atoms with E-state index in [-0.39, 0.29) is 23.5 Å². The summed E-state index contributed by atoms with van der Waals surface area (Å²) >= 11 is 5.69. The van der Waals surface area contributed by atoms with Gasteiger partial charge in [0.15, 0.2) is 0 Å². The predicted octanol–water partition coefficient (Wildman–Crippen LogP) is 3.09. The maximum Gasteiger partial charge on any atom is 0.342 e. The number of aryl methyl sites for hydroxylation is 1. The van der Waals surface area contributed by atoms with Gasteiger partial charge in [0.1, 0.15) is 35.0 Å². The van der Waals surface area contributed by atoms with Crippen molar-refractivity contribution in [3.63, 3.8) is 0 Å². The Balaban J connectivity index is 2.07. The van der Waals surface area contributed by atoms with Crippen LogP contribution in [0.4, 0.5) is 0 Å². The summed E-state index contributed by atoms with van der Waals surface area (Å²) in [6.07, 6.45) is 0. The van der Waals surface area contributed by atoms with E-state index in [9.17, 15) is 14.7 Å². The Morgan fingerprint density at radius 1 is 1.23 bits per heavy atom. The van der Waals surface area contributed by atoms with Crippen molar-refractivity contribution in [2.75, 3.05) is 7.11 Å². The molecule has 1 aromatic heterocycles. The van der Waals surface area contributed by atoms with E-state index in [4.69, 9.17) is 20.8 Å². The minimum atomic E-state index is -0.733. The van der Waals surface area contributed by atoms with Crippen LogP contribution in [0.3, 0.4) is 0 Å². The van der Waals surface area contributed by atoms with Crippen LogP contribution in [0.2, 0.25) is 5.02 Å². The lowest BCUT2D eigenvalue weighted by atomic mass is 10.2. The zero-order valence-corrected chi connectivity index (χ0v) is 12.6. The summed E-state index contributed by atoms with van der Waals surface area (Å²) in [5, 5.41) is 9.95. The van der Waals surface area contributed by atoms with Gasteiger partial charge in [0.2, 0.25) is 0 Å². The van der Waals surface area contributed by atoms with Crippen LogP contribution in [0.25, 0.3) is 0 Å². The average Bonchev–Trinajstić information content (AvgIpc) is 2.85. The van der Waals surface area contributed by atoms with Crippen molar-refractivity contribution in [2.24, 2.45) is 0 Å². The van der Waals surface area contributed by atoms with Crippen LogP contribution in [0, 0.1) is 6.92 Å². The monoisotopic (exact) mass is 324 g/mol. The minimum absolute atomic E-state index is 0.0131. The zero-order valence-electron chi connectivity index (χ0n) is 11.9. The molecule has 1 heterocycles. The Morgan fingerprint density at radius 2 is 1.95 bits per heavy atom. The van der Waals surface area contributed by atoms with E-state index in [1.165, 1.54) is 31.4 Å². The molecule has 2 aromatic rings. The van der Waals surface area contributed by atoms with Gasteiger partial charge in [-0.05, 0) is 31.2 Å². The average molecular weight is 325 g/mol. The molecular formula is C15H13ClO6. The molecule has 0 amide bonds. The molecule has 0 aliphatic heterocycles. The number of esters is 2. The molecule has 1 aromatic carbocycles. The highest BCUT2D eigenvalue weighted by molar-refractivity contribution is 6.30. The fourth-order valence-electron chi connectivity index (χ4n) is 1.82. The van der Waals surface area contributed by atoms with E-state index in [0.717, 1.165) is 0 Å². The van der Waals surface area contributed by atoms with Gasteiger partial charge >= 0.3 is 11.9 Å². The maximum absolute atomic E-state index is 11.9. The number of ether oxygens (including phenoxy) is 2. The summed E-state index contributed by atoms with van der Waals surface area (Å²) < 4.78 is 14.9. The molecule has 22 heavy (non-hydrogen) atoms. The number of benzene rings is 1. The number of furan rings is 1. The first-order valence-electron chi connectivity index (χ1n) is 6.25. The molecule has 0 saturated heterocycles. The van der Waals surface area contributed by atoms with E-state index in [2.05, 4.69) is 4.74 Å². The van der Waals surface area contributed by atoms with E-state index in [1.54, 1.807) is 6.92 Å². The van der Waals surface area contributed by atoms with Crippen molar-refractivity contribution in [3.05, 3.63) is 51.9 Å². The third-order valence-corrected chi connectivity index (χ3v) is 3.13.